The third kappa shape index (κ3) is 5.40. The number of carbonyl (C=O) groups excluding carboxylic acids is 1. The lowest BCUT2D eigenvalue weighted by atomic mass is 9.85. The molecule has 2 aromatic carbocycles. The number of carbonyl (C=O) groups is 1. The lowest BCUT2D eigenvalue weighted by molar-refractivity contribution is -0.0518. The number of rotatable bonds is 7. The summed E-state index contributed by atoms with van der Waals surface area (Å²) in [4.78, 5) is 12.0. The average molecular weight is 474 g/mol. The van der Waals surface area contributed by atoms with Crippen molar-refractivity contribution in [3.8, 4) is 0 Å². The molecule has 0 unspecified atom stereocenters. The van der Waals surface area contributed by atoms with E-state index in [0.29, 0.717) is 0 Å². The van der Waals surface area contributed by atoms with E-state index < -0.39 is 0 Å². The number of nitrogens with zero attached hydrogens (tertiary/aromatic N) is 1. The summed E-state index contributed by atoms with van der Waals surface area (Å²) in [6.45, 7) is 10.1. The van der Waals surface area contributed by atoms with Crippen LogP contribution in [0.1, 0.15) is 106 Å². The molecular weight excluding hydrogens is 430 g/mol. The van der Waals surface area contributed by atoms with Crippen molar-refractivity contribution in [3.05, 3.63) is 70.9 Å². The van der Waals surface area contributed by atoms with Crippen LogP contribution in [0.25, 0.3) is 10.9 Å². The highest BCUT2D eigenvalue weighted by atomic mass is 16.5. The minimum atomic E-state index is 0.0279. The van der Waals surface area contributed by atoms with E-state index in [1.807, 2.05) is 6.07 Å². The molecule has 0 atom stereocenters. The van der Waals surface area contributed by atoms with Gasteiger partial charge in [-0.1, -0.05) is 88.4 Å². The number of aromatic nitrogens is 1. The summed E-state index contributed by atoms with van der Waals surface area (Å²) in [5, 5.41) is 1.12. The molecule has 1 saturated carbocycles. The molecular formula is C32H43NO2. The molecule has 188 valence electrons. The van der Waals surface area contributed by atoms with Gasteiger partial charge in [-0.2, -0.15) is 0 Å². The quantitative estimate of drug-likeness (QED) is 0.321. The Morgan fingerprint density at radius 2 is 1.63 bits per heavy atom. The monoisotopic (exact) mass is 473 g/mol. The average Bonchev–Trinajstić information content (AvgIpc) is 3.36. The fourth-order valence-corrected chi connectivity index (χ4v) is 6.47. The van der Waals surface area contributed by atoms with E-state index in [0.717, 1.165) is 48.6 Å². The number of hydrogen-bond donors (Lipinski definition) is 0. The van der Waals surface area contributed by atoms with Crippen LogP contribution in [0.5, 0.6) is 0 Å². The predicted molar refractivity (Wildman–Crippen MR) is 146 cm³/mol. The molecule has 3 heteroatoms. The van der Waals surface area contributed by atoms with Crippen LogP contribution in [0.3, 0.4) is 0 Å². The van der Waals surface area contributed by atoms with E-state index in [-0.39, 0.29) is 11.4 Å². The standard InChI is InChI=1S/C18H23NO.C14H20O/c1-13-18(14(2)20)16-10-6-7-11-17(16)19(13)12-15-8-4-3-5-9-15;1-3-9-14(10-4-2)13-8-6-5-7-12(13)11-15-14/h6-7,10-11,15H,3-5,8-9,12H2,1-2H3;5-8H,3-4,9-11H2,1-2H3. The van der Waals surface area contributed by atoms with Gasteiger partial charge in [0, 0.05) is 28.7 Å². The first-order valence-electron chi connectivity index (χ1n) is 13.8. The minimum Gasteiger partial charge on any atom is -0.366 e. The molecule has 3 nitrogen and oxygen atoms in total. The highest BCUT2D eigenvalue weighted by Crippen LogP contribution is 2.43. The van der Waals surface area contributed by atoms with Gasteiger partial charge in [-0.3, -0.25) is 4.79 Å². The number of Topliss-reactive ketones (excluding diaryl/α,β-unsaturated/α-hetero) is 1. The molecule has 0 spiro atoms. The highest BCUT2D eigenvalue weighted by molar-refractivity contribution is 6.08. The van der Waals surface area contributed by atoms with Crippen LogP contribution < -0.4 is 0 Å². The van der Waals surface area contributed by atoms with Crippen LogP contribution in [0.4, 0.5) is 0 Å². The van der Waals surface area contributed by atoms with E-state index in [9.17, 15) is 4.79 Å². The maximum Gasteiger partial charge on any atom is 0.162 e. The largest absolute Gasteiger partial charge is 0.366 e. The summed E-state index contributed by atoms with van der Waals surface area (Å²) < 4.78 is 8.47. The minimum absolute atomic E-state index is 0.0279. The van der Waals surface area contributed by atoms with Gasteiger partial charge in [-0.25, -0.2) is 0 Å². The topological polar surface area (TPSA) is 31.2 Å². The summed E-state index contributed by atoms with van der Waals surface area (Å²) in [6, 6.07) is 17.0. The van der Waals surface area contributed by atoms with Gasteiger partial charge in [0.25, 0.3) is 0 Å². The molecule has 0 saturated heterocycles. The van der Waals surface area contributed by atoms with Crippen molar-refractivity contribution in [2.24, 2.45) is 5.92 Å². The Kier molecular flexibility index (Phi) is 8.49. The van der Waals surface area contributed by atoms with Gasteiger partial charge in [-0.05, 0) is 62.6 Å². The number of ketones is 1. The van der Waals surface area contributed by atoms with Crippen LogP contribution in [0.2, 0.25) is 0 Å². The summed E-state index contributed by atoms with van der Waals surface area (Å²) in [6.07, 6.45) is 11.5. The number of benzene rings is 2. The second kappa shape index (κ2) is 11.6. The van der Waals surface area contributed by atoms with Crippen molar-refractivity contribution in [1.82, 2.24) is 4.57 Å². The van der Waals surface area contributed by atoms with Crippen LogP contribution in [0, 0.1) is 12.8 Å². The second-order valence-corrected chi connectivity index (χ2v) is 10.6. The molecule has 2 aliphatic rings. The zero-order valence-electron chi connectivity index (χ0n) is 22.2. The van der Waals surface area contributed by atoms with Gasteiger partial charge in [-0.15, -0.1) is 0 Å². The fraction of sp³-hybridized carbons (Fsp3) is 0.531. The first-order chi connectivity index (χ1) is 17.0. The Morgan fingerprint density at radius 1 is 0.971 bits per heavy atom. The first-order valence-corrected chi connectivity index (χ1v) is 13.8. The Labute approximate surface area is 211 Å². The molecule has 1 aliphatic carbocycles. The van der Waals surface area contributed by atoms with Crippen molar-refractivity contribution in [1.29, 1.82) is 0 Å². The molecule has 0 N–H and O–H groups in total. The van der Waals surface area contributed by atoms with E-state index in [1.54, 1.807) is 6.92 Å². The van der Waals surface area contributed by atoms with Crippen molar-refractivity contribution in [2.75, 3.05) is 0 Å². The number of ether oxygens (including phenoxy) is 1. The molecule has 1 aromatic heterocycles. The molecule has 0 bridgehead atoms. The van der Waals surface area contributed by atoms with Crippen LogP contribution in [-0.4, -0.2) is 10.4 Å². The highest BCUT2D eigenvalue weighted by Gasteiger charge is 2.37. The van der Waals surface area contributed by atoms with E-state index in [2.05, 4.69) is 67.8 Å². The third-order valence-electron chi connectivity index (χ3n) is 8.07. The van der Waals surface area contributed by atoms with Crippen molar-refractivity contribution < 1.29 is 9.53 Å². The Hall–Kier alpha value is -2.39. The van der Waals surface area contributed by atoms with Crippen LogP contribution >= 0.6 is 0 Å². The predicted octanol–water partition coefficient (Wildman–Crippen LogP) is 8.74. The Morgan fingerprint density at radius 3 is 2.31 bits per heavy atom. The molecule has 3 aromatic rings. The Balaban J connectivity index is 0.000000172. The molecule has 35 heavy (non-hydrogen) atoms. The zero-order valence-corrected chi connectivity index (χ0v) is 22.2. The fourth-order valence-electron chi connectivity index (χ4n) is 6.47. The zero-order chi connectivity index (χ0) is 24.8. The number of hydrogen-bond acceptors (Lipinski definition) is 2. The number of fused-ring (bicyclic) bond motifs is 2. The number of para-hydroxylation sites is 1. The maximum absolute atomic E-state index is 12.0. The van der Waals surface area contributed by atoms with Gasteiger partial charge in [0.1, 0.15) is 0 Å². The van der Waals surface area contributed by atoms with Crippen molar-refractivity contribution in [3.63, 3.8) is 0 Å². The molecule has 0 amide bonds. The summed E-state index contributed by atoms with van der Waals surface area (Å²) in [7, 11) is 0. The van der Waals surface area contributed by atoms with Gasteiger partial charge >= 0.3 is 0 Å². The summed E-state index contributed by atoms with van der Waals surface area (Å²) in [5.74, 6) is 0.958. The SMILES string of the molecule is CC(=O)c1c(C)n(CC2CCCCC2)c2ccccc12.CCCC1(CCC)OCc2ccccc21. The van der Waals surface area contributed by atoms with Crippen LogP contribution in [-0.2, 0) is 23.5 Å². The van der Waals surface area contributed by atoms with E-state index in [4.69, 9.17) is 4.74 Å². The molecule has 5 rings (SSSR count). The first kappa shape index (κ1) is 25.7. The summed E-state index contributed by atoms with van der Waals surface area (Å²) in [5.41, 5.74) is 6.13. The van der Waals surface area contributed by atoms with Gasteiger partial charge < -0.3 is 9.30 Å². The molecule has 1 aliphatic heterocycles. The van der Waals surface area contributed by atoms with Gasteiger partial charge in [0.05, 0.1) is 12.2 Å². The van der Waals surface area contributed by atoms with Crippen LogP contribution in [0.15, 0.2) is 48.5 Å². The van der Waals surface area contributed by atoms with E-state index >= 15 is 0 Å². The second-order valence-electron chi connectivity index (χ2n) is 10.6. The van der Waals surface area contributed by atoms with Gasteiger partial charge in [0.2, 0.25) is 0 Å². The third-order valence-corrected chi connectivity index (χ3v) is 8.07. The molecule has 1 fully saturated rings. The van der Waals surface area contributed by atoms with Gasteiger partial charge in [0.15, 0.2) is 5.78 Å². The summed E-state index contributed by atoms with van der Waals surface area (Å²) >= 11 is 0. The Bertz CT molecular complexity index is 1120. The molecule has 0 radical (unpaired) electrons. The normalized spacial score (nSPS) is 17.1. The van der Waals surface area contributed by atoms with E-state index in [1.165, 1.54) is 61.6 Å². The smallest absolute Gasteiger partial charge is 0.162 e. The lowest BCUT2D eigenvalue weighted by Crippen LogP contribution is -2.24. The maximum atomic E-state index is 12.0. The van der Waals surface area contributed by atoms with Crippen molar-refractivity contribution in [2.45, 2.75) is 104 Å². The lowest BCUT2D eigenvalue weighted by Gasteiger charge is -2.29. The molecule has 2 heterocycles. The van der Waals surface area contributed by atoms with Crippen molar-refractivity contribution >= 4 is 16.7 Å².